The van der Waals surface area contributed by atoms with Crippen LogP contribution in [0.5, 0.6) is 11.5 Å². The highest BCUT2D eigenvalue weighted by atomic mass is 19.1. The fraction of sp³-hybridized carbons (Fsp3) is 0.742. The lowest BCUT2D eigenvalue weighted by molar-refractivity contribution is -0.128. The maximum Gasteiger partial charge on any atom is 0.255 e. The summed E-state index contributed by atoms with van der Waals surface area (Å²) in [5.41, 5.74) is 0.779. The summed E-state index contributed by atoms with van der Waals surface area (Å²) in [5.74, 6) is -0.168. The minimum Gasteiger partial charge on any atom is -0.496 e. The van der Waals surface area contributed by atoms with Gasteiger partial charge >= 0.3 is 0 Å². The highest BCUT2D eigenvalue weighted by molar-refractivity contribution is 5.98. The van der Waals surface area contributed by atoms with E-state index in [0.29, 0.717) is 17.9 Å². The summed E-state index contributed by atoms with van der Waals surface area (Å²) in [5, 5.41) is 6.37. The molecule has 7 heteroatoms. The molecule has 0 radical (unpaired) electrons. The van der Waals surface area contributed by atoms with E-state index >= 15 is 0 Å². The number of hydrogen-bond acceptors (Lipinski definition) is 4. The van der Waals surface area contributed by atoms with Gasteiger partial charge in [-0.1, -0.05) is 33.6 Å². The van der Waals surface area contributed by atoms with Gasteiger partial charge in [-0.2, -0.15) is 0 Å². The van der Waals surface area contributed by atoms with Crippen molar-refractivity contribution in [3.8, 4) is 11.5 Å². The van der Waals surface area contributed by atoms with E-state index in [1.165, 1.54) is 25.7 Å². The molecule has 0 aromatic heterocycles. The first-order chi connectivity index (χ1) is 18.1. The van der Waals surface area contributed by atoms with Crippen LogP contribution in [0, 0.1) is 34.4 Å². The van der Waals surface area contributed by atoms with Crippen molar-refractivity contribution in [2.75, 3.05) is 13.7 Å². The number of methoxy groups -OCH3 is 1. The zero-order valence-corrected chi connectivity index (χ0v) is 23.5. The molecule has 0 unspecified atom stereocenters. The minimum absolute atomic E-state index is 0.0575. The van der Waals surface area contributed by atoms with E-state index in [4.69, 9.17) is 9.47 Å². The molecule has 2 bridgehead atoms. The van der Waals surface area contributed by atoms with E-state index in [2.05, 4.69) is 31.4 Å². The summed E-state index contributed by atoms with van der Waals surface area (Å²) in [7, 11) is 1.44. The van der Waals surface area contributed by atoms with Gasteiger partial charge in [-0.15, -0.1) is 0 Å². The molecule has 2 N–H and O–H groups in total. The Morgan fingerprint density at radius 2 is 1.71 bits per heavy atom. The van der Waals surface area contributed by atoms with Gasteiger partial charge in [-0.3, -0.25) is 9.59 Å². The lowest BCUT2D eigenvalue weighted by atomic mass is 9.70. The topological polar surface area (TPSA) is 76.7 Å². The lowest BCUT2D eigenvalue weighted by Crippen LogP contribution is -2.51. The zero-order chi connectivity index (χ0) is 27.1. The Kier molecular flexibility index (Phi) is 7.67. The standard InChI is InChI=1S/C31H45FN2O4/c1-5-30(2)13-9-21(10-14-30)38-25-16-22(24(37-4)17-23(25)32)28(35)34-27-20-8-7-19(15-20)26(27)29(36)33-18-31(3)11-6-12-31/h16-17,19-21,26-27H,5-15,18H2,1-4H3,(H,33,36)(H,34,35)/t19-,20+,21-,26+,27-,30+/m1/s1. The Labute approximate surface area is 226 Å². The van der Waals surface area contributed by atoms with Crippen LogP contribution in [-0.2, 0) is 4.79 Å². The van der Waals surface area contributed by atoms with Crippen molar-refractivity contribution in [1.82, 2.24) is 10.6 Å². The summed E-state index contributed by atoms with van der Waals surface area (Å²) < 4.78 is 26.5. The fourth-order valence-electron chi connectivity index (χ4n) is 7.39. The summed E-state index contributed by atoms with van der Waals surface area (Å²) in [4.78, 5) is 26.9. The van der Waals surface area contributed by atoms with Gasteiger partial charge in [0.15, 0.2) is 11.6 Å². The molecule has 6 nitrogen and oxygen atoms in total. The molecule has 0 heterocycles. The quantitative estimate of drug-likeness (QED) is 0.411. The number of benzene rings is 1. The van der Waals surface area contributed by atoms with Crippen molar-refractivity contribution in [3.63, 3.8) is 0 Å². The lowest BCUT2D eigenvalue weighted by Gasteiger charge is -2.39. The molecule has 4 saturated carbocycles. The third kappa shape index (κ3) is 5.40. The Bertz CT molecular complexity index is 1050. The maximum atomic E-state index is 15.0. The van der Waals surface area contributed by atoms with Crippen molar-refractivity contribution < 1.29 is 23.5 Å². The molecule has 1 aromatic rings. The van der Waals surface area contributed by atoms with Gasteiger partial charge in [-0.25, -0.2) is 4.39 Å². The molecular formula is C31H45FN2O4. The highest BCUT2D eigenvalue weighted by Crippen LogP contribution is 2.49. The minimum atomic E-state index is -0.524. The molecule has 4 atom stereocenters. The van der Waals surface area contributed by atoms with E-state index < -0.39 is 5.82 Å². The van der Waals surface area contributed by atoms with Gasteiger partial charge < -0.3 is 20.1 Å². The van der Waals surface area contributed by atoms with Crippen molar-refractivity contribution in [2.24, 2.45) is 28.6 Å². The molecule has 2 amide bonds. The number of rotatable bonds is 9. The summed E-state index contributed by atoms with van der Waals surface area (Å²) in [6.45, 7) is 7.45. The number of amides is 2. The Morgan fingerprint density at radius 3 is 2.34 bits per heavy atom. The van der Waals surface area contributed by atoms with E-state index in [0.717, 1.165) is 64.2 Å². The molecule has 5 rings (SSSR count). The number of carbonyl (C=O) groups excluding carboxylic acids is 2. The summed E-state index contributed by atoms with van der Waals surface area (Å²) in [6, 6.07) is 2.50. The molecule has 0 aliphatic heterocycles. The summed E-state index contributed by atoms with van der Waals surface area (Å²) in [6.07, 6.45) is 11.4. The van der Waals surface area contributed by atoms with Gasteiger partial charge in [0.1, 0.15) is 5.75 Å². The van der Waals surface area contributed by atoms with Gasteiger partial charge in [0.05, 0.1) is 24.7 Å². The zero-order valence-electron chi connectivity index (χ0n) is 23.5. The van der Waals surface area contributed by atoms with Crippen molar-refractivity contribution >= 4 is 11.8 Å². The third-order valence-corrected chi connectivity index (χ3v) is 10.6. The first-order valence-corrected chi connectivity index (χ1v) is 14.8. The number of nitrogens with one attached hydrogen (secondary N) is 2. The average Bonchev–Trinajstić information content (AvgIpc) is 3.50. The van der Waals surface area contributed by atoms with E-state index in [-0.39, 0.29) is 58.3 Å². The molecule has 0 spiro atoms. The number of ether oxygens (including phenoxy) is 2. The first kappa shape index (κ1) is 27.3. The Morgan fingerprint density at radius 1 is 1.00 bits per heavy atom. The second kappa shape index (κ2) is 10.7. The number of carbonyl (C=O) groups is 2. The molecule has 1 aromatic carbocycles. The monoisotopic (exact) mass is 528 g/mol. The smallest absolute Gasteiger partial charge is 0.255 e. The van der Waals surface area contributed by atoms with Crippen LogP contribution in [0.15, 0.2) is 12.1 Å². The maximum absolute atomic E-state index is 15.0. The fourth-order valence-corrected chi connectivity index (χ4v) is 7.39. The van der Waals surface area contributed by atoms with Crippen LogP contribution in [-0.4, -0.2) is 37.6 Å². The van der Waals surface area contributed by atoms with Crippen molar-refractivity contribution in [3.05, 3.63) is 23.5 Å². The Balaban J connectivity index is 1.28. The normalized spacial score (nSPS) is 33.3. The van der Waals surface area contributed by atoms with E-state index in [1.54, 1.807) is 0 Å². The number of hydrogen-bond donors (Lipinski definition) is 2. The molecule has 4 aliphatic carbocycles. The number of fused-ring (bicyclic) bond motifs is 2. The molecule has 0 saturated heterocycles. The summed E-state index contributed by atoms with van der Waals surface area (Å²) >= 11 is 0. The number of halogens is 1. The van der Waals surface area contributed by atoms with Crippen LogP contribution in [0.25, 0.3) is 0 Å². The second-order valence-electron chi connectivity index (χ2n) is 13.2. The Hall–Kier alpha value is -2.31. The van der Waals surface area contributed by atoms with Crippen LogP contribution in [0.2, 0.25) is 0 Å². The average molecular weight is 529 g/mol. The molecule has 38 heavy (non-hydrogen) atoms. The van der Waals surface area contributed by atoms with E-state index in [9.17, 15) is 14.0 Å². The van der Waals surface area contributed by atoms with Crippen molar-refractivity contribution in [1.29, 1.82) is 0 Å². The van der Waals surface area contributed by atoms with Gasteiger partial charge in [0.2, 0.25) is 5.91 Å². The molecule has 4 fully saturated rings. The third-order valence-electron chi connectivity index (χ3n) is 10.6. The van der Waals surface area contributed by atoms with Crippen molar-refractivity contribution in [2.45, 2.75) is 104 Å². The van der Waals surface area contributed by atoms with Crippen LogP contribution in [0.1, 0.15) is 102 Å². The van der Waals surface area contributed by atoms with Crippen LogP contribution in [0.3, 0.4) is 0 Å². The van der Waals surface area contributed by atoms with E-state index in [1.807, 2.05) is 0 Å². The van der Waals surface area contributed by atoms with Gasteiger partial charge in [0.25, 0.3) is 5.91 Å². The highest BCUT2D eigenvalue weighted by Gasteiger charge is 2.51. The molecular weight excluding hydrogens is 483 g/mol. The van der Waals surface area contributed by atoms with Crippen LogP contribution >= 0.6 is 0 Å². The predicted octanol–water partition coefficient (Wildman–Crippen LogP) is 6.02. The van der Waals surface area contributed by atoms with Gasteiger partial charge in [-0.05, 0) is 86.5 Å². The molecule has 210 valence electrons. The SMILES string of the molecule is CC[C@]1(C)CC[C@H](Oc2cc(C(=O)N[C@@H]3[C@H]4CC[C@H](C4)[C@@H]3C(=O)NCC3(C)CCC3)c(OC)cc2F)CC1. The largest absolute Gasteiger partial charge is 0.496 e. The predicted molar refractivity (Wildman–Crippen MR) is 145 cm³/mol. The van der Waals surface area contributed by atoms with Gasteiger partial charge in [0, 0.05) is 18.7 Å². The first-order valence-electron chi connectivity index (χ1n) is 14.8. The second-order valence-corrected chi connectivity index (χ2v) is 13.2. The van der Waals surface area contributed by atoms with Crippen LogP contribution < -0.4 is 20.1 Å². The molecule has 4 aliphatic rings. The van der Waals surface area contributed by atoms with Crippen LogP contribution in [0.4, 0.5) is 4.39 Å².